The number of aliphatic hydroxyl groups is 2. The lowest BCUT2D eigenvalue weighted by Gasteiger charge is -2.49. The van der Waals surface area contributed by atoms with Gasteiger partial charge >= 0.3 is 0 Å². The zero-order chi connectivity index (χ0) is 35.2. The minimum atomic E-state index is -5.84. The molecule has 0 aromatic carbocycles. The van der Waals surface area contributed by atoms with Gasteiger partial charge in [-0.1, -0.05) is 0 Å². The summed E-state index contributed by atoms with van der Waals surface area (Å²) >= 11 is 0. The standard InChI is InChI=1S/2C6H14N2.2C4H13NO7P2.6H2O/c2*7-5-3-1-2-4-6(5)8;2*5-3-1-2-4(6,13(7,8)9)14(10,11)12;;;;;;/h2*5-6H,1-4,7-8H2;2*6H,1-3,5H2,(H2,7,8,9)(H2,10,11,12);6*1H2/t2*5-,6-;;;;;;;;/m10......../s1. The first-order valence-corrected chi connectivity index (χ1v) is 20.4. The smallest absolute Gasteiger partial charge is 0.168 e. The zero-order valence-electron chi connectivity index (χ0n) is 28.1. The molecule has 0 aromatic rings. The molecule has 0 bridgehead atoms. The van der Waals surface area contributed by atoms with Crippen LogP contribution in [0.15, 0.2) is 0 Å². The van der Waals surface area contributed by atoms with Gasteiger partial charge in [-0.25, -0.2) is 0 Å². The molecule has 0 heterocycles. The van der Waals surface area contributed by atoms with E-state index in [2.05, 4.69) is 34.4 Å². The second-order valence-electron chi connectivity index (χ2n) is 11.1. The lowest BCUT2D eigenvalue weighted by molar-refractivity contribution is -0.534. The van der Waals surface area contributed by atoms with Crippen LogP contribution in [0.3, 0.4) is 0 Å². The predicted octanol–water partition coefficient (Wildman–Crippen LogP) is -15.2. The van der Waals surface area contributed by atoms with E-state index in [4.69, 9.17) is 20.0 Å². The molecular weight excluding hydrogens is 768 g/mol. The van der Waals surface area contributed by atoms with Gasteiger partial charge in [-0.3, -0.25) is 0 Å². The van der Waals surface area contributed by atoms with Crippen molar-refractivity contribution < 1.29 is 135 Å². The Bertz CT molecular complexity index is 872. The Morgan fingerprint density at radius 3 is 0.780 bits per heavy atom. The molecular formula is C20H66N6O20P4. The molecule has 2 aliphatic rings. The van der Waals surface area contributed by atoms with Gasteiger partial charge < -0.3 is 135 Å². The normalized spacial score (nSPS) is 24.6. The predicted molar refractivity (Wildman–Crippen MR) is 164 cm³/mol. The van der Waals surface area contributed by atoms with E-state index in [1.54, 1.807) is 0 Å². The SMILES string of the molecule is O.O.O.O.O.O.[NH3+]CCC[C@@](O)(P(=O)([O-])[O-])P(=O)([O-])O.[NH3+]CCC[C@](O)(P(=O)([O-])[O-])P(=O)([O-])O.[NH3+][C@@H]1CCCC[C@H]1[NH3+].[NH3+][C@H]1CCCC[C@@H]1[NH3+]. The summed E-state index contributed by atoms with van der Waals surface area (Å²) in [6, 6.07) is 2.57. The maximum atomic E-state index is 10.5. The molecule has 2 rings (SSSR count). The Labute approximate surface area is 289 Å². The highest BCUT2D eigenvalue weighted by Gasteiger charge is 2.41. The van der Waals surface area contributed by atoms with Gasteiger partial charge in [0.25, 0.3) is 0 Å². The molecule has 2 aliphatic carbocycles. The fraction of sp³-hybridized carbons (Fsp3) is 1.00. The second kappa shape index (κ2) is 29.4. The van der Waals surface area contributed by atoms with Crippen LogP contribution in [0.4, 0.5) is 0 Å². The summed E-state index contributed by atoms with van der Waals surface area (Å²) in [5.41, 5.74) is 22.6. The minimum Gasteiger partial charge on any atom is -0.808 e. The topological polar surface area (TPSA) is 642 Å². The van der Waals surface area contributed by atoms with Crippen LogP contribution >= 0.6 is 30.4 Å². The molecule has 0 saturated heterocycles. The lowest BCUT2D eigenvalue weighted by atomic mass is 9.92. The van der Waals surface area contributed by atoms with E-state index in [9.17, 15) is 47.6 Å². The molecule has 0 spiro atoms. The van der Waals surface area contributed by atoms with Gasteiger partial charge in [0.1, 0.15) is 24.2 Å². The molecule has 2 saturated carbocycles. The van der Waals surface area contributed by atoms with E-state index in [1.165, 1.54) is 51.4 Å². The first kappa shape index (κ1) is 68.1. The van der Waals surface area contributed by atoms with Gasteiger partial charge in [0.2, 0.25) is 0 Å². The van der Waals surface area contributed by atoms with E-state index in [-0.39, 0.29) is 58.8 Å². The summed E-state index contributed by atoms with van der Waals surface area (Å²) < 4.78 is 42.0. The maximum Gasteiger partial charge on any atom is 0.168 e. The average molecular weight is 835 g/mol. The van der Waals surface area contributed by atoms with Crippen molar-refractivity contribution in [3.8, 4) is 0 Å². The van der Waals surface area contributed by atoms with Crippen molar-refractivity contribution in [2.24, 2.45) is 0 Å². The van der Waals surface area contributed by atoms with Crippen molar-refractivity contribution in [2.75, 3.05) is 13.1 Å². The molecule has 0 radical (unpaired) electrons. The minimum absolute atomic E-state index is 0. The average Bonchev–Trinajstić information content (AvgIpc) is 2.88. The van der Waals surface area contributed by atoms with Gasteiger partial charge in [0.05, 0.1) is 13.1 Å². The van der Waals surface area contributed by atoms with Crippen LogP contribution in [-0.4, -0.2) is 100 Å². The number of hydrogen-bond acceptors (Lipinski definition) is 12. The molecule has 0 amide bonds. The van der Waals surface area contributed by atoms with Crippen LogP contribution in [0.2, 0.25) is 0 Å². The summed E-state index contributed by atoms with van der Waals surface area (Å²) in [5, 5.41) is 10.9. The molecule has 50 heavy (non-hydrogen) atoms. The Morgan fingerprint density at radius 1 is 0.500 bits per heavy atom. The molecule has 0 aliphatic heterocycles. The van der Waals surface area contributed by atoms with Crippen molar-refractivity contribution in [3.63, 3.8) is 0 Å². The fourth-order valence-corrected chi connectivity index (χ4v) is 8.38. The summed E-state index contributed by atoms with van der Waals surface area (Å²) in [4.78, 5) is 79.9. The zero-order valence-corrected chi connectivity index (χ0v) is 31.7. The molecule has 0 aromatic heterocycles. The Kier molecular flexibility index (Phi) is 40.0. The van der Waals surface area contributed by atoms with Gasteiger partial charge in [0.15, 0.2) is 25.4 Å². The summed E-state index contributed by atoms with van der Waals surface area (Å²) in [6.45, 7) is 0.255. The third kappa shape index (κ3) is 23.0. The molecule has 26 nitrogen and oxygen atoms in total. The van der Waals surface area contributed by atoms with Crippen molar-refractivity contribution in [1.29, 1.82) is 0 Å². The molecule has 316 valence electrons. The van der Waals surface area contributed by atoms with Gasteiger partial charge in [0, 0.05) is 25.7 Å². The van der Waals surface area contributed by atoms with E-state index in [0.29, 0.717) is 24.2 Å². The van der Waals surface area contributed by atoms with E-state index in [0.717, 1.165) is 0 Å². The number of quaternary nitrogens is 6. The van der Waals surface area contributed by atoms with Crippen molar-refractivity contribution >= 4 is 30.4 Å². The first-order chi connectivity index (χ1) is 19.7. The fourth-order valence-electron chi connectivity index (χ4n) is 4.16. The Hall–Kier alpha value is 0.0400. The van der Waals surface area contributed by atoms with Crippen molar-refractivity contribution in [3.05, 3.63) is 0 Å². The monoisotopic (exact) mass is 834 g/mol. The van der Waals surface area contributed by atoms with Gasteiger partial charge in [-0.2, -0.15) is 0 Å². The Morgan fingerprint density at radius 2 is 0.680 bits per heavy atom. The van der Waals surface area contributed by atoms with Crippen LogP contribution in [0, 0.1) is 0 Å². The number of rotatable bonds is 10. The highest BCUT2D eigenvalue weighted by Crippen LogP contribution is 2.64. The third-order valence-corrected chi connectivity index (χ3v) is 14.9. The molecule has 34 N–H and O–H groups in total. The molecule has 2 fully saturated rings. The Balaban J connectivity index is -0.0000000772. The summed E-state index contributed by atoms with van der Waals surface area (Å²) in [5.74, 6) is 0. The molecule has 2 unspecified atom stereocenters. The first-order valence-electron chi connectivity index (χ1n) is 14.2. The highest BCUT2D eigenvalue weighted by molar-refractivity contribution is 7.70. The summed E-state index contributed by atoms with van der Waals surface area (Å²) in [6.07, 6.45) is 8.72. The second-order valence-corrected chi connectivity index (χ2v) is 18.8. The quantitative estimate of drug-likeness (QED) is 0.0914. The van der Waals surface area contributed by atoms with E-state index >= 15 is 0 Å². The van der Waals surface area contributed by atoms with E-state index in [1.807, 2.05) is 0 Å². The highest BCUT2D eigenvalue weighted by atomic mass is 31.2. The van der Waals surface area contributed by atoms with Crippen LogP contribution in [0.5, 0.6) is 0 Å². The van der Waals surface area contributed by atoms with Crippen LogP contribution < -0.4 is 63.8 Å². The van der Waals surface area contributed by atoms with Crippen LogP contribution in [0.1, 0.15) is 77.0 Å². The van der Waals surface area contributed by atoms with Gasteiger partial charge in [-0.05, 0) is 66.6 Å². The number of hydrogen-bond donors (Lipinski definition) is 10. The van der Waals surface area contributed by atoms with Gasteiger partial charge in [-0.15, -0.1) is 0 Å². The largest absolute Gasteiger partial charge is 0.808 e. The molecule has 30 heteroatoms. The van der Waals surface area contributed by atoms with Crippen molar-refractivity contribution in [1.82, 2.24) is 0 Å². The summed E-state index contributed by atoms with van der Waals surface area (Å²) in [7, 11) is -23.0. The van der Waals surface area contributed by atoms with Crippen LogP contribution in [0.25, 0.3) is 0 Å². The molecule has 8 atom stereocenters. The maximum absolute atomic E-state index is 10.5. The van der Waals surface area contributed by atoms with Crippen molar-refractivity contribution in [2.45, 2.75) is 111 Å². The lowest BCUT2D eigenvalue weighted by Crippen LogP contribution is -2.80. The third-order valence-electron chi connectivity index (χ3n) is 7.44. The van der Waals surface area contributed by atoms with E-state index < -0.39 is 53.4 Å². The van der Waals surface area contributed by atoms with Crippen LogP contribution in [-0.2, 0) is 18.3 Å².